The molecule has 1 atom stereocenters. The van der Waals surface area contributed by atoms with Crippen molar-refractivity contribution in [3.8, 4) is 6.07 Å². The van der Waals surface area contributed by atoms with E-state index in [0.29, 0.717) is 19.1 Å². The lowest BCUT2D eigenvalue weighted by Crippen LogP contribution is -2.54. The van der Waals surface area contributed by atoms with Gasteiger partial charge >= 0.3 is 0 Å². The summed E-state index contributed by atoms with van der Waals surface area (Å²) in [5, 5.41) is 12.4. The third-order valence-electron chi connectivity index (χ3n) is 6.36. The number of hydrogen-bond acceptors (Lipinski definition) is 5. The number of piperidine rings is 1. The van der Waals surface area contributed by atoms with Crippen molar-refractivity contribution in [2.24, 2.45) is 0 Å². The monoisotopic (exact) mass is 375 g/mol. The van der Waals surface area contributed by atoms with Crippen LogP contribution in [0, 0.1) is 11.3 Å². The summed E-state index contributed by atoms with van der Waals surface area (Å²) in [7, 11) is 0. The number of rotatable bonds is 5. The highest BCUT2D eigenvalue weighted by Gasteiger charge is 2.35. The minimum absolute atomic E-state index is 0.0508. The molecule has 0 spiro atoms. The predicted octanol–water partition coefficient (Wildman–Crippen LogP) is 0.958. The SMILES string of the molecule is CC1CCCCN1C(=O)CN1CCN(CC(=O)NC2(C#N)CCCC2)CC1. The van der Waals surface area contributed by atoms with Crippen LogP contribution in [0.25, 0.3) is 0 Å². The highest BCUT2D eigenvalue weighted by Crippen LogP contribution is 2.28. The molecular formula is C20H33N5O2. The summed E-state index contributed by atoms with van der Waals surface area (Å²) in [4.78, 5) is 31.3. The average Bonchev–Trinajstić information content (AvgIpc) is 3.12. The zero-order chi connectivity index (χ0) is 19.3. The van der Waals surface area contributed by atoms with Crippen LogP contribution in [0.4, 0.5) is 0 Å². The lowest BCUT2D eigenvalue weighted by molar-refractivity contribution is -0.136. The number of nitriles is 1. The lowest BCUT2D eigenvalue weighted by Gasteiger charge is -2.38. The Morgan fingerprint density at radius 2 is 1.63 bits per heavy atom. The molecule has 3 fully saturated rings. The van der Waals surface area contributed by atoms with Crippen LogP contribution >= 0.6 is 0 Å². The number of likely N-dealkylation sites (tertiary alicyclic amines) is 1. The molecule has 2 amide bonds. The second-order valence-corrected chi connectivity index (χ2v) is 8.43. The Bertz CT molecular complexity index is 573. The summed E-state index contributed by atoms with van der Waals surface area (Å²) in [6.45, 7) is 7.06. The van der Waals surface area contributed by atoms with Crippen LogP contribution in [0.3, 0.4) is 0 Å². The second kappa shape index (κ2) is 9.03. The molecule has 1 saturated carbocycles. The first kappa shape index (κ1) is 20.1. The highest BCUT2D eigenvalue weighted by molar-refractivity contribution is 5.79. The van der Waals surface area contributed by atoms with Gasteiger partial charge in [0.05, 0.1) is 19.2 Å². The number of piperazine rings is 1. The molecule has 0 aromatic carbocycles. The van der Waals surface area contributed by atoms with E-state index in [0.717, 1.165) is 71.2 Å². The minimum Gasteiger partial charge on any atom is -0.339 e. The van der Waals surface area contributed by atoms with Crippen LogP contribution in [0.1, 0.15) is 51.9 Å². The third kappa shape index (κ3) is 5.20. The van der Waals surface area contributed by atoms with Gasteiger partial charge in [-0.2, -0.15) is 5.26 Å². The van der Waals surface area contributed by atoms with Crippen molar-refractivity contribution in [1.82, 2.24) is 20.0 Å². The van der Waals surface area contributed by atoms with Crippen molar-refractivity contribution >= 4 is 11.8 Å². The Morgan fingerprint density at radius 3 is 2.22 bits per heavy atom. The molecule has 2 heterocycles. The highest BCUT2D eigenvalue weighted by atomic mass is 16.2. The van der Waals surface area contributed by atoms with Crippen LogP contribution < -0.4 is 5.32 Å². The first-order chi connectivity index (χ1) is 13.0. The molecule has 1 unspecified atom stereocenters. The fourth-order valence-corrected chi connectivity index (χ4v) is 4.61. The lowest BCUT2D eigenvalue weighted by atomic mass is 10.00. The summed E-state index contributed by atoms with van der Waals surface area (Å²) in [6, 6.07) is 2.67. The topological polar surface area (TPSA) is 79.7 Å². The van der Waals surface area contributed by atoms with E-state index in [9.17, 15) is 14.9 Å². The smallest absolute Gasteiger partial charge is 0.236 e. The van der Waals surface area contributed by atoms with E-state index < -0.39 is 5.54 Å². The summed E-state index contributed by atoms with van der Waals surface area (Å²) in [5.74, 6) is 0.190. The maximum atomic E-state index is 12.6. The van der Waals surface area contributed by atoms with Crippen LogP contribution in [-0.2, 0) is 9.59 Å². The van der Waals surface area contributed by atoms with Gasteiger partial charge in [0.25, 0.3) is 0 Å². The maximum absolute atomic E-state index is 12.6. The van der Waals surface area contributed by atoms with Crippen LogP contribution in [0.15, 0.2) is 0 Å². The van der Waals surface area contributed by atoms with Gasteiger partial charge in [-0.15, -0.1) is 0 Å². The molecule has 3 aliphatic rings. The molecule has 3 rings (SSSR count). The summed E-state index contributed by atoms with van der Waals surface area (Å²) in [6.07, 6.45) is 6.99. The van der Waals surface area contributed by atoms with E-state index in [1.165, 1.54) is 6.42 Å². The first-order valence-electron chi connectivity index (χ1n) is 10.5. The van der Waals surface area contributed by atoms with Crippen molar-refractivity contribution in [3.05, 3.63) is 0 Å². The van der Waals surface area contributed by atoms with Gasteiger partial charge in [-0.05, 0) is 51.9 Å². The van der Waals surface area contributed by atoms with Gasteiger partial charge < -0.3 is 10.2 Å². The maximum Gasteiger partial charge on any atom is 0.236 e. The minimum atomic E-state index is -0.642. The average molecular weight is 376 g/mol. The van der Waals surface area contributed by atoms with Gasteiger partial charge in [0.15, 0.2) is 0 Å². The normalized spacial score (nSPS) is 26.5. The van der Waals surface area contributed by atoms with Gasteiger partial charge in [0.2, 0.25) is 11.8 Å². The van der Waals surface area contributed by atoms with E-state index in [2.05, 4.69) is 28.1 Å². The molecule has 150 valence electrons. The Kier molecular flexibility index (Phi) is 6.72. The molecular weight excluding hydrogens is 342 g/mol. The zero-order valence-corrected chi connectivity index (χ0v) is 16.6. The number of carbonyl (C=O) groups excluding carboxylic acids is 2. The fraction of sp³-hybridized carbons (Fsp3) is 0.850. The molecule has 0 radical (unpaired) electrons. The molecule has 27 heavy (non-hydrogen) atoms. The van der Waals surface area contributed by atoms with Crippen molar-refractivity contribution in [2.75, 3.05) is 45.8 Å². The van der Waals surface area contributed by atoms with Crippen LogP contribution in [0.5, 0.6) is 0 Å². The molecule has 1 N–H and O–H groups in total. The van der Waals surface area contributed by atoms with Crippen molar-refractivity contribution in [2.45, 2.75) is 63.5 Å². The van der Waals surface area contributed by atoms with Gasteiger partial charge in [-0.1, -0.05) is 0 Å². The Morgan fingerprint density at radius 1 is 1.00 bits per heavy atom. The van der Waals surface area contributed by atoms with E-state index in [4.69, 9.17) is 0 Å². The number of amides is 2. The molecule has 7 nitrogen and oxygen atoms in total. The number of nitrogens with zero attached hydrogens (tertiary/aromatic N) is 4. The largest absolute Gasteiger partial charge is 0.339 e. The summed E-state index contributed by atoms with van der Waals surface area (Å²) >= 11 is 0. The standard InChI is InChI=1S/C20H33N5O2/c1-17-6-2-5-9-25(17)19(27)15-24-12-10-23(11-13-24)14-18(26)22-20(16-21)7-3-4-8-20/h17H,2-15H2,1H3,(H,22,26). The van der Waals surface area contributed by atoms with Crippen LogP contribution in [-0.4, -0.2) is 83.9 Å². The van der Waals surface area contributed by atoms with Crippen molar-refractivity contribution in [1.29, 1.82) is 5.26 Å². The van der Waals surface area contributed by atoms with Gasteiger partial charge in [-0.25, -0.2) is 0 Å². The fourth-order valence-electron chi connectivity index (χ4n) is 4.61. The quantitative estimate of drug-likeness (QED) is 0.774. The number of hydrogen-bond donors (Lipinski definition) is 1. The first-order valence-corrected chi connectivity index (χ1v) is 10.5. The number of carbonyl (C=O) groups is 2. The Hall–Kier alpha value is -1.65. The second-order valence-electron chi connectivity index (χ2n) is 8.43. The molecule has 1 aliphatic carbocycles. The van der Waals surface area contributed by atoms with Gasteiger partial charge in [-0.3, -0.25) is 19.4 Å². The molecule has 0 aromatic rings. The third-order valence-corrected chi connectivity index (χ3v) is 6.36. The Balaban J connectivity index is 1.39. The summed E-state index contributed by atoms with van der Waals surface area (Å²) in [5.41, 5.74) is -0.642. The summed E-state index contributed by atoms with van der Waals surface area (Å²) < 4.78 is 0. The van der Waals surface area contributed by atoms with E-state index in [1.54, 1.807) is 0 Å². The van der Waals surface area contributed by atoms with Crippen molar-refractivity contribution in [3.63, 3.8) is 0 Å². The molecule has 0 bridgehead atoms. The van der Waals surface area contributed by atoms with Crippen LogP contribution in [0.2, 0.25) is 0 Å². The Labute approximate surface area is 162 Å². The van der Waals surface area contributed by atoms with Crippen molar-refractivity contribution < 1.29 is 9.59 Å². The number of nitrogens with one attached hydrogen (secondary N) is 1. The van der Waals surface area contributed by atoms with E-state index >= 15 is 0 Å². The van der Waals surface area contributed by atoms with E-state index in [-0.39, 0.29) is 11.8 Å². The molecule has 0 aromatic heterocycles. The zero-order valence-electron chi connectivity index (χ0n) is 16.6. The molecule has 7 heteroatoms. The predicted molar refractivity (Wildman–Crippen MR) is 103 cm³/mol. The molecule has 2 saturated heterocycles. The van der Waals surface area contributed by atoms with Gasteiger partial charge in [0, 0.05) is 38.8 Å². The molecule has 2 aliphatic heterocycles. The van der Waals surface area contributed by atoms with Gasteiger partial charge in [0.1, 0.15) is 5.54 Å². The van der Waals surface area contributed by atoms with E-state index in [1.807, 2.05) is 4.90 Å².